The van der Waals surface area contributed by atoms with Crippen LogP contribution in [0.15, 0.2) is 78.9 Å². The van der Waals surface area contributed by atoms with E-state index in [9.17, 15) is 9.59 Å². The fourth-order valence-corrected chi connectivity index (χ4v) is 3.81. The Kier molecular flexibility index (Phi) is 7.81. The Labute approximate surface area is 192 Å². The standard InChI is InChI=1S/C26H26N2O5/c29-25(27-18-31-17-26(30)32-15-19-8-2-1-3-9-19)14-28-33-16-24-22-12-6-4-10-20(22)21-11-5-7-13-23(21)24/h1-13,24,28H,14-18H2,(H,27,29). The normalized spacial score (nSPS) is 12.1. The number of nitrogens with one attached hydrogen (secondary N) is 2. The summed E-state index contributed by atoms with van der Waals surface area (Å²) < 4.78 is 10.2. The molecule has 3 aromatic rings. The third-order valence-electron chi connectivity index (χ3n) is 5.38. The average Bonchev–Trinajstić information content (AvgIpc) is 3.18. The van der Waals surface area contributed by atoms with Gasteiger partial charge in [0.25, 0.3) is 0 Å². The first kappa shape index (κ1) is 22.7. The van der Waals surface area contributed by atoms with Gasteiger partial charge in [-0.1, -0.05) is 78.9 Å². The molecule has 1 aliphatic rings. The number of esters is 1. The van der Waals surface area contributed by atoms with Crippen LogP contribution in [0.25, 0.3) is 11.1 Å². The van der Waals surface area contributed by atoms with Crippen LogP contribution < -0.4 is 10.8 Å². The molecule has 1 amide bonds. The largest absolute Gasteiger partial charge is 0.459 e. The lowest BCUT2D eigenvalue weighted by Crippen LogP contribution is -2.36. The van der Waals surface area contributed by atoms with Crippen molar-refractivity contribution < 1.29 is 23.9 Å². The summed E-state index contributed by atoms with van der Waals surface area (Å²) >= 11 is 0. The third kappa shape index (κ3) is 6.04. The summed E-state index contributed by atoms with van der Waals surface area (Å²) in [4.78, 5) is 29.2. The molecule has 7 heteroatoms. The van der Waals surface area contributed by atoms with Crippen molar-refractivity contribution in [3.8, 4) is 11.1 Å². The smallest absolute Gasteiger partial charge is 0.332 e. The third-order valence-corrected chi connectivity index (χ3v) is 5.38. The lowest BCUT2D eigenvalue weighted by atomic mass is 9.98. The number of ether oxygens (including phenoxy) is 2. The summed E-state index contributed by atoms with van der Waals surface area (Å²) in [7, 11) is 0. The van der Waals surface area contributed by atoms with E-state index < -0.39 is 5.97 Å². The van der Waals surface area contributed by atoms with E-state index in [4.69, 9.17) is 14.3 Å². The fourth-order valence-electron chi connectivity index (χ4n) is 3.81. The van der Waals surface area contributed by atoms with Crippen molar-refractivity contribution in [1.82, 2.24) is 10.8 Å². The number of amides is 1. The van der Waals surface area contributed by atoms with E-state index in [1.165, 1.54) is 22.3 Å². The molecule has 0 saturated carbocycles. The predicted octanol–water partition coefficient (Wildman–Crippen LogP) is 3.15. The molecule has 33 heavy (non-hydrogen) atoms. The van der Waals surface area contributed by atoms with Crippen LogP contribution in [-0.2, 0) is 30.5 Å². The Balaban J connectivity index is 1.11. The van der Waals surface area contributed by atoms with Gasteiger partial charge in [-0.2, -0.15) is 5.48 Å². The molecule has 2 N–H and O–H groups in total. The van der Waals surface area contributed by atoms with Gasteiger partial charge in [0.2, 0.25) is 5.91 Å². The molecule has 0 fully saturated rings. The Hall–Kier alpha value is -3.52. The Morgan fingerprint density at radius 1 is 0.818 bits per heavy atom. The van der Waals surface area contributed by atoms with E-state index in [2.05, 4.69) is 35.1 Å². The van der Waals surface area contributed by atoms with Crippen molar-refractivity contribution in [2.24, 2.45) is 0 Å². The van der Waals surface area contributed by atoms with Crippen molar-refractivity contribution in [2.75, 3.05) is 26.5 Å². The SMILES string of the molecule is O=C(CNOCC1c2ccccc2-c2ccccc21)NCOCC(=O)OCc1ccccc1. The summed E-state index contributed by atoms with van der Waals surface area (Å²) in [5, 5.41) is 2.56. The van der Waals surface area contributed by atoms with Gasteiger partial charge in [0.15, 0.2) is 0 Å². The second-order valence-electron chi connectivity index (χ2n) is 7.60. The van der Waals surface area contributed by atoms with Crippen molar-refractivity contribution in [3.05, 3.63) is 95.6 Å². The van der Waals surface area contributed by atoms with E-state index >= 15 is 0 Å². The van der Waals surface area contributed by atoms with Crippen LogP contribution in [0.3, 0.4) is 0 Å². The van der Waals surface area contributed by atoms with Crippen LogP contribution in [0.4, 0.5) is 0 Å². The zero-order valence-electron chi connectivity index (χ0n) is 18.2. The number of carbonyl (C=O) groups is 2. The van der Waals surface area contributed by atoms with E-state index in [0.717, 1.165) is 5.56 Å². The second kappa shape index (κ2) is 11.4. The lowest BCUT2D eigenvalue weighted by molar-refractivity contribution is -0.151. The lowest BCUT2D eigenvalue weighted by Gasteiger charge is -2.14. The van der Waals surface area contributed by atoms with Gasteiger partial charge in [-0.15, -0.1) is 0 Å². The highest BCUT2D eigenvalue weighted by molar-refractivity contribution is 5.79. The second-order valence-corrected chi connectivity index (χ2v) is 7.60. The monoisotopic (exact) mass is 446 g/mol. The van der Waals surface area contributed by atoms with Crippen LogP contribution in [0.5, 0.6) is 0 Å². The topological polar surface area (TPSA) is 85.9 Å². The molecule has 4 rings (SSSR count). The quantitative estimate of drug-likeness (QED) is 0.204. The fraction of sp³-hybridized carbons (Fsp3) is 0.231. The Morgan fingerprint density at radius 3 is 2.15 bits per heavy atom. The highest BCUT2D eigenvalue weighted by Gasteiger charge is 2.28. The number of benzene rings is 3. The first-order valence-electron chi connectivity index (χ1n) is 10.8. The molecule has 3 aromatic carbocycles. The number of fused-ring (bicyclic) bond motifs is 3. The van der Waals surface area contributed by atoms with Crippen LogP contribution >= 0.6 is 0 Å². The van der Waals surface area contributed by atoms with Gasteiger partial charge in [0, 0.05) is 5.92 Å². The highest BCUT2D eigenvalue weighted by Crippen LogP contribution is 2.44. The van der Waals surface area contributed by atoms with Crippen LogP contribution in [0.1, 0.15) is 22.6 Å². The first-order chi connectivity index (χ1) is 16.2. The molecule has 0 bridgehead atoms. The zero-order chi connectivity index (χ0) is 22.9. The molecule has 0 saturated heterocycles. The molecule has 0 atom stereocenters. The van der Waals surface area contributed by atoms with Crippen molar-refractivity contribution in [3.63, 3.8) is 0 Å². The van der Waals surface area contributed by atoms with Gasteiger partial charge < -0.3 is 19.6 Å². The van der Waals surface area contributed by atoms with Crippen LogP contribution in [-0.4, -0.2) is 38.4 Å². The molecule has 0 unspecified atom stereocenters. The Morgan fingerprint density at radius 2 is 1.45 bits per heavy atom. The minimum Gasteiger partial charge on any atom is -0.459 e. The summed E-state index contributed by atoms with van der Waals surface area (Å²) in [5.41, 5.74) is 8.48. The highest BCUT2D eigenvalue weighted by atomic mass is 16.6. The van der Waals surface area contributed by atoms with Crippen molar-refractivity contribution in [2.45, 2.75) is 12.5 Å². The number of rotatable bonds is 11. The molecule has 0 aliphatic heterocycles. The number of hydrogen-bond donors (Lipinski definition) is 2. The summed E-state index contributed by atoms with van der Waals surface area (Å²) in [6, 6.07) is 25.9. The number of carbonyl (C=O) groups excluding carboxylic acids is 2. The average molecular weight is 447 g/mol. The van der Waals surface area contributed by atoms with Gasteiger partial charge in [0.05, 0.1) is 6.61 Å². The number of hydroxylamine groups is 1. The minimum absolute atomic E-state index is 0.0299. The Bertz CT molecular complexity index is 1040. The van der Waals surface area contributed by atoms with Gasteiger partial charge in [-0.05, 0) is 27.8 Å². The van der Waals surface area contributed by atoms with Gasteiger partial charge in [-0.3, -0.25) is 4.79 Å². The molecule has 0 spiro atoms. The van der Waals surface area contributed by atoms with Crippen molar-refractivity contribution in [1.29, 1.82) is 0 Å². The summed E-state index contributed by atoms with van der Waals surface area (Å²) in [6.45, 7) is 0.233. The molecule has 0 radical (unpaired) electrons. The molecule has 170 valence electrons. The van der Waals surface area contributed by atoms with Gasteiger partial charge in [0.1, 0.15) is 26.5 Å². The van der Waals surface area contributed by atoms with Crippen LogP contribution in [0.2, 0.25) is 0 Å². The van der Waals surface area contributed by atoms with E-state index in [0.29, 0.717) is 6.61 Å². The van der Waals surface area contributed by atoms with E-state index in [-0.39, 0.29) is 38.3 Å². The molecular formula is C26H26N2O5. The predicted molar refractivity (Wildman–Crippen MR) is 123 cm³/mol. The van der Waals surface area contributed by atoms with Crippen molar-refractivity contribution >= 4 is 11.9 Å². The molecule has 7 nitrogen and oxygen atoms in total. The summed E-state index contributed by atoms with van der Waals surface area (Å²) in [6.07, 6.45) is 0. The summed E-state index contributed by atoms with van der Waals surface area (Å²) in [5.74, 6) is -0.690. The zero-order valence-corrected chi connectivity index (χ0v) is 18.2. The molecular weight excluding hydrogens is 420 g/mol. The number of hydrogen-bond acceptors (Lipinski definition) is 6. The van der Waals surface area contributed by atoms with Crippen LogP contribution in [0, 0.1) is 0 Å². The molecule has 0 heterocycles. The molecule has 1 aliphatic carbocycles. The van der Waals surface area contributed by atoms with E-state index in [1.54, 1.807) is 0 Å². The maximum Gasteiger partial charge on any atom is 0.332 e. The molecule has 0 aromatic heterocycles. The minimum atomic E-state index is -0.494. The first-order valence-corrected chi connectivity index (χ1v) is 10.8. The van der Waals surface area contributed by atoms with E-state index in [1.807, 2.05) is 54.6 Å². The van der Waals surface area contributed by atoms with Gasteiger partial charge >= 0.3 is 5.97 Å². The maximum absolute atomic E-state index is 11.9. The maximum atomic E-state index is 11.9. The van der Waals surface area contributed by atoms with Gasteiger partial charge in [-0.25, -0.2) is 4.79 Å².